The van der Waals surface area contributed by atoms with Crippen molar-refractivity contribution in [3.05, 3.63) is 35.4 Å². The maximum atomic E-state index is 11.9. The Morgan fingerprint density at radius 3 is 2.71 bits per heavy atom. The van der Waals surface area contributed by atoms with Gasteiger partial charge in [0.25, 0.3) is 0 Å². The Labute approximate surface area is 169 Å². The lowest BCUT2D eigenvalue weighted by Crippen LogP contribution is -2.46. The van der Waals surface area contributed by atoms with E-state index in [2.05, 4.69) is 46.8 Å². The third-order valence-electron chi connectivity index (χ3n) is 4.96. The summed E-state index contributed by atoms with van der Waals surface area (Å²) in [6, 6.07) is 8.96. The van der Waals surface area contributed by atoms with Gasteiger partial charge in [0.1, 0.15) is 6.54 Å². The molecule has 1 atom stereocenters. The number of amides is 1. The molecular formula is C22H36N4O2. The normalized spacial score (nSPS) is 16.4. The summed E-state index contributed by atoms with van der Waals surface area (Å²) >= 11 is 0. The molecule has 156 valence electrons. The number of fused-ring (bicyclic) bond motifs is 1. The molecule has 1 aromatic carbocycles. The van der Waals surface area contributed by atoms with Crippen molar-refractivity contribution in [3.63, 3.8) is 0 Å². The number of nitrogens with zero attached hydrogens (tertiary/aromatic N) is 2. The van der Waals surface area contributed by atoms with Gasteiger partial charge < -0.3 is 20.3 Å². The van der Waals surface area contributed by atoms with E-state index in [1.54, 1.807) is 19.0 Å². The molecular weight excluding hydrogens is 352 g/mol. The molecule has 1 aliphatic carbocycles. The molecule has 0 saturated heterocycles. The highest BCUT2D eigenvalue weighted by atomic mass is 16.5. The number of rotatable bonds is 10. The van der Waals surface area contributed by atoms with Gasteiger partial charge in [0.15, 0.2) is 5.96 Å². The minimum atomic E-state index is -0.00186. The van der Waals surface area contributed by atoms with Crippen molar-refractivity contribution in [2.24, 2.45) is 4.99 Å². The molecule has 1 aliphatic rings. The largest absolute Gasteiger partial charge is 0.381 e. The molecule has 0 heterocycles. The molecule has 1 amide bonds. The molecule has 2 N–H and O–H groups in total. The molecule has 1 aromatic rings. The summed E-state index contributed by atoms with van der Waals surface area (Å²) in [6.07, 6.45) is 6.31. The third kappa shape index (κ3) is 7.89. The predicted molar refractivity (Wildman–Crippen MR) is 115 cm³/mol. The van der Waals surface area contributed by atoms with Crippen LogP contribution in [0.2, 0.25) is 0 Å². The lowest BCUT2D eigenvalue weighted by Gasteiger charge is -2.27. The number of benzene rings is 1. The summed E-state index contributed by atoms with van der Waals surface area (Å²) in [6.45, 7) is 4.66. The first-order chi connectivity index (χ1) is 13.6. The number of hydrogen-bond donors (Lipinski definition) is 2. The van der Waals surface area contributed by atoms with E-state index >= 15 is 0 Å². The Kier molecular flexibility index (Phi) is 9.83. The molecule has 0 fully saturated rings. The quantitative estimate of drug-likeness (QED) is 0.367. The molecule has 0 aromatic heterocycles. The van der Waals surface area contributed by atoms with Crippen LogP contribution in [0, 0.1) is 0 Å². The highest BCUT2D eigenvalue weighted by molar-refractivity contribution is 5.85. The van der Waals surface area contributed by atoms with E-state index in [-0.39, 0.29) is 12.5 Å². The SMILES string of the molecule is CCCCOCCCNC(=NCC(=O)N(C)C)NC1CCc2ccccc2C1. The Balaban J connectivity index is 1.85. The Morgan fingerprint density at radius 1 is 1.21 bits per heavy atom. The van der Waals surface area contributed by atoms with Gasteiger partial charge in [-0.3, -0.25) is 4.79 Å². The second-order valence-electron chi connectivity index (χ2n) is 7.55. The zero-order chi connectivity index (χ0) is 20.2. The van der Waals surface area contributed by atoms with Crippen LogP contribution < -0.4 is 10.6 Å². The number of ether oxygens (including phenoxy) is 1. The molecule has 0 saturated carbocycles. The van der Waals surface area contributed by atoms with E-state index in [9.17, 15) is 4.79 Å². The molecule has 0 spiro atoms. The van der Waals surface area contributed by atoms with Gasteiger partial charge in [-0.2, -0.15) is 0 Å². The second-order valence-corrected chi connectivity index (χ2v) is 7.55. The van der Waals surface area contributed by atoms with E-state index < -0.39 is 0 Å². The fraction of sp³-hybridized carbons (Fsp3) is 0.636. The van der Waals surface area contributed by atoms with Crippen LogP contribution in [-0.4, -0.2) is 63.2 Å². The second kappa shape index (κ2) is 12.4. The van der Waals surface area contributed by atoms with Crippen LogP contribution in [0.3, 0.4) is 0 Å². The average molecular weight is 389 g/mol. The van der Waals surface area contributed by atoms with Crippen molar-refractivity contribution in [1.29, 1.82) is 0 Å². The minimum Gasteiger partial charge on any atom is -0.381 e. The van der Waals surface area contributed by atoms with Crippen LogP contribution in [0.1, 0.15) is 43.7 Å². The number of unbranched alkanes of at least 4 members (excludes halogenated alkanes) is 1. The first kappa shape index (κ1) is 22.2. The van der Waals surface area contributed by atoms with Gasteiger partial charge in [0.05, 0.1) is 0 Å². The molecule has 0 aliphatic heterocycles. The lowest BCUT2D eigenvalue weighted by molar-refractivity contribution is -0.127. The number of nitrogens with one attached hydrogen (secondary N) is 2. The van der Waals surface area contributed by atoms with Gasteiger partial charge in [-0.25, -0.2) is 4.99 Å². The van der Waals surface area contributed by atoms with Crippen molar-refractivity contribution in [2.45, 2.75) is 51.5 Å². The van der Waals surface area contributed by atoms with Crippen molar-refractivity contribution in [2.75, 3.05) is 40.4 Å². The van der Waals surface area contributed by atoms with E-state index in [0.29, 0.717) is 12.0 Å². The molecule has 28 heavy (non-hydrogen) atoms. The standard InChI is InChI=1S/C22H36N4O2/c1-4-5-14-28-15-8-13-23-22(24-17-21(27)26(2)3)25-20-12-11-18-9-6-7-10-19(18)16-20/h6-7,9-10,20H,4-5,8,11-17H2,1-3H3,(H2,23,24,25). The zero-order valence-corrected chi connectivity index (χ0v) is 17.7. The van der Waals surface area contributed by atoms with Crippen molar-refractivity contribution < 1.29 is 9.53 Å². The highest BCUT2D eigenvalue weighted by Crippen LogP contribution is 2.20. The first-order valence-corrected chi connectivity index (χ1v) is 10.5. The van der Waals surface area contributed by atoms with Crippen molar-refractivity contribution in [3.8, 4) is 0 Å². The summed E-state index contributed by atoms with van der Waals surface area (Å²) in [5.41, 5.74) is 2.85. The zero-order valence-electron chi connectivity index (χ0n) is 17.7. The van der Waals surface area contributed by atoms with Crippen LogP contribution in [0.15, 0.2) is 29.3 Å². The number of guanidine groups is 1. The predicted octanol–water partition coefficient (Wildman–Crippen LogP) is 2.37. The Bertz CT molecular complexity index is 631. The van der Waals surface area contributed by atoms with Gasteiger partial charge in [0, 0.05) is 39.9 Å². The van der Waals surface area contributed by atoms with E-state index in [4.69, 9.17) is 4.74 Å². The van der Waals surface area contributed by atoms with Gasteiger partial charge in [-0.15, -0.1) is 0 Å². The molecule has 6 heteroatoms. The molecule has 6 nitrogen and oxygen atoms in total. The van der Waals surface area contributed by atoms with E-state index in [0.717, 1.165) is 58.3 Å². The van der Waals surface area contributed by atoms with Gasteiger partial charge in [-0.1, -0.05) is 37.6 Å². The summed E-state index contributed by atoms with van der Waals surface area (Å²) in [5.74, 6) is 0.714. The number of carbonyl (C=O) groups excluding carboxylic acids is 1. The smallest absolute Gasteiger partial charge is 0.243 e. The summed E-state index contributed by atoms with van der Waals surface area (Å²) in [4.78, 5) is 18.0. The average Bonchev–Trinajstić information content (AvgIpc) is 2.70. The number of hydrogen-bond acceptors (Lipinski definition) is 3. The summed E-state index contributed by atoms with van der Waals surface area (Å²) in [7, 11) is 3.51. The van der Waals surface area contributed by atoms with Gasteiger partial charge >= 0.3 is 0 Å². The van der Waals surface area contributed by atoms with E-state index in [1.807, 2.05) is 0 Å². The van der Waals surface area contributed by atoms with Crippen molar-refractivity contribution in [1.82, 2.24) is 15.5 Å². The van der Waals surface area contributed by atoms with Gasteiger partial charge in [0.2, 0.25) is 5.91 Å². The fourth-order valence-corrected chi connectivity index (χ4v) is 3.18. The number of likely N-dealkylation sites (N-methyl/N-ethyl adjacent to an activating group) is 1. The van der Waals surface area contributed by atoms with Crippen LogP contribution in [0.5, 0.6) is 0 Å². The van der Waals surface area contributed by atoms with E-state index in [1.165, 1.54) is 11.1 Å². The monoisotopic (exact) mass is 388 g/mol. The topological polar surface area (TPSA) is 66.0 Å². The van der Waals surface area contributed by atoms with Crippen LogP contribution >= 0.6 is 0 Å². The first-order valence-electron chi connectivity index (χ1n) is 10.5. The third-order valence-corrected chi connectivity index (χ3v) is 4.96. The van der Waals surface area contributed by atoms with Gasteiger partial charge in [-0.05, 0) is 43.2 Å². The molecule has 0 bridgehead atoms. The summed E-state index contributed by atoms with van der Waals surface area (Å²) in [5, 5.41) is 6.89. The minimum absolute atomic E-state index is 0.00186. The number of carbonyl (C=O) groups is 1. The highest BCUT2D eigenvalue weighted by Gasteiger charge is 2.19. The maximum absolute atomic E-state index is 11.9. The molecule has 0 radical (unpaired) electrons. The summed E-state index contributed by atoms with van der Waals surface area (Å²) < 4.78 is 5.61. The van der Waals surface area contributed by atoms with Crippen molar-refractivity contribution >= 4 is 11.9 Å². The van der Waals surface area contributed by atoms with Crippen LogP contribution in [0.4, 0.5) is 0 Å². The number of aryl methyl sites for hydroxylation is 1. The molecule has 1 unspecified atom stereocenters. The number of aliphatic imine (C=N–C) groups is 1. The molecule has 2 rings (SSSR count). The Morgan fingerprint density at radius 2 is 1.96 bits per heavy atom. The maximum Gasteiger partial charge on any atom is 0.243 e. The van der Waals surface area contributed by atoms with Crippen LogP contribution in [-0.2, 0) is 22.4 Å². The lowest BCUT2D eigenvalue weighted by atomic mass is 9.88. The Hall–Kier alpha value is -2.08. The fourth-order valence-electron chi connectivity index (χ4n) is 3.18. The van der Waals surface area contributed by atoms with Crippen LogP contribution in [0.25, 0.3) is 0 Å².